The normalized spacial score (nSPS) is 12.4. The van der Waals surface area contributed by atoms with Crippen LogP contribution in [0.4, 0.5) is 37.7 Å². The van der Waals surface area contributed by atoms with Crippen molar-refractivity contribution in [2.45, 2.75) is 12.4 Å². The summed E-state index contributed by atoms with van der Waals surface area (Å²) in [5.41, 5.74) is 3.09. The minimum Gasteiger partial charge on any atom is -0.506 e. The number of phenols is 2. The van der Waals surface area contributed by atoms with E-state index in [-0.39, 0.29) is 0 Å². The third-order valence-corrected chi connectivity index (χ3v) is 3.30. The monoisotopic (exact) mass is 352 g/mol. The van der Waals surface area contributed by atoms with Gasteiger partial charge in [-0.2, -0.15) is 26.3 Å². The van der Waals surface area contributed by atoms with Crippen molar-refractivity contribution in [3.8, 4) is 22.6 Å². The molecule has 0 aliphatic rings. The van der Waals surface area contributed by atoms with Crippen LogP contribution >= 0.6 is 0 Å². The van der Waals surface area contributed by atoms with Gasteiger partial charge in [-0.15, -0.1) is 0 Å². The Hall–Kier alpha value is -2.78. The summed E-state index contributed by atoms with van der Waals surface area (Å²) in [5, 5.41) is 18.7. The first-order chi connectivity index (χ1) is 10.9. The van der Waals surface area contributed by atoms with Crippen molar-refractivity contribution in [3.63, 3.8) is 0 Å². The van der Waals surface area contributed by atoms with Gasteiger partial charge in [0, 0.05) is 0 Å². The van der Waals surface area contributed by atoms with Crippen LogP contribution < -0.4 is 11.5 Å². The van der Waals surface area contributed by atoms with Gasteiger partial charge < -0.3 is 21.7 Å². The molecule has 6 N–H and O–H groups in total. The van der Waals surface area contributed by atoms with Crippen LogP contribution in [0.3, 0.4) is 0 Å². The fourth-order valence-electron chi connectivity index (χ4n) is 2.28. The molecule has 0 saturated carbocycles. The minimum atomic E-state index is -5.13. The summed E-state index contributed by atoms with van der Waals surface area (Å²) in [4.78, 5) is 0. The molecule has 0 fully saturated rings. The first-order valence-electron chi connectivity index (χ1n) is 6.23. The summed E-state index contributed by atoms with van der Waals surface area (Å²) in [6.07, 6.45) is -10.3. The Morgan fingerprint density at radius 3 is 1.17 bits per heavy atom. The average Bonchev–Trinajstić information content (AvgIpc) is 2.41. The maximum atomic E-state index is 13.2. The van der Waals surface area contributed by atoms with Gasteiger partial charge in [-0.1, -0.05) is 0 Å². The van der Waals surface area contributed by atoms with Crippen molar-refractivity contribution in [1.29, 1.82) is 0 Å². The molecule has 130 valence electrons. The molecule has 0 aromatic heterocycles. The fraction of sp³-hybridized carbons (Fsp3) is 0.143. The molecular formula is C14H10F6N2O2. The van der Waals surface area contributed by atoms with E-state index in [0.717, 1.165) is 12.1 Å². The summed E-state index contributed by atoms with van der Waals surface area (Å²) in [6, 6.07) is 2.78. The molecule has 0 radical (unpaired) electrons. The van der Waals surface area contributed by atoms with Gasteiger partial charge >= 0.3 is 12.4 Å². The number of phenolic OH excluding ortho intramolecular Hbond substituents is 2. The summed E-state index contributed by atoms with van der Waals surface area (Å²) < 4.78 is 79.4. The summed E-state index contributed by atoms with van der Waals surface area (Å²) >= 11 is 0. The molecule has 0 saturated heterocycles. The quantitative estimate of drug-likeness (QED) is 0.355. The number of nitrogens with two attached hydrogens (primary N) is 2. The van der Waals surface area contributed by atoms with E-state index in [2.05, 4.69) is 0 Å². The number of hydrogen-bond acceptors (Lipinski definition) is 4. The number of anilines is 2. The maximum Gasteiger partial charge on any atom is 0.419 e. The molecule has 0 bridgehead atoms. The number of aromatic hydroxyl groups is 2. The van der Waals surface area contributed by atoms with Gasteiger partial charge in [-0.05, 0) is 35.4 Å². The molecule has 0 aliphatic carbocycles. The smallest absolute Gasteiger partial charge is 0.419 e. The predicted octanol–water partition coefficient (Wildman–Crippen LogP) is 3.97. The number of alkyl halides is 6. The Bertz CT molecular complexity index is 732. The molecule has 24 heavy (non-hydrogen) atoms. The van der Waals surface area contributed by atoms with Crippen molar-refractivity contribution in [2.75, 3.05) is 11.5 Å². The van der Waals surface area contributed by atoms with Crippen molar-refractivity contribution in [1.82, 2.24) is 0 Å². The lowest BCUT2D eigenvalue weighted by Crippen LogP contribution is -2.15. The Balaban J connectivity index is 2.94. The Morgan fingerprint density at radius 2 is 0.917 bits per heavy atom. The highest BCUT2D eigenvalue weighted by molar-refractivity contribution is 5.83. The second-order valence-electron chi connectivity index (χ2n) is 4.84. The third-order valence-electron chi connectivity index (χ3n) is 3.30. The molecule has 0 unspecified atom stereocenters. The maximum absolute atomic E-state index is 13.2. The first kappa shape index (κ1) is 17.6. The average molecular weight is 352 g/mol. The fourth-order valence-corrected chi connectivity index (χ4v) is 2.28. The van der Waals surface area contributed by atoms with Crippen LogP contribution in [0.1, 0.15) is 11.1 Å². The van der Waals surface area contributed by atoms with Crippen LogP contribution in [0.5, 0.6) is 11.5 Å². The van der Waals surface area contributed by atoms with Crippen molar-refractivity contribution >= 4 is 11.4 Å². The molecule has 0 amide bonds. The Labute approximate surface area is 130 Å². The van der Waals surface area contributed by atoms with Gasteiger partial charge in [0.05, 0.1) is 22.5 Å². The highest BCUT2D eigenvalue weighted by Gasteiger charge is 2.42. The van der Waals surface area contributed by atoms with Gasteiger partial charge in [0.1, 0.15) is 11.5 Å². The van der Waals surface area contributed by atoms with Crippen LogP contribution in [-0.4, -0.2) is 10.2 Å². The lowest BCUT2D eigenvalue weighted by atomic mass is 9.92. The summed E-state index contributed by atoms with van der Waals surface area (Å²) in [6.45, 7) is 0. The first-order valence-corrected chi connectivity index (χ1v) is 6.23. The molecule has 10 heteroatoms. The summed E-state index contributed by atoms with van der Waals surface area (Å²) in [5.74, 6) is -1.85. The second-order valence-corrected chi connectivity index (χ2v) is 4.84. The van der Waals surface area contributed by atoms with Gasteiger partial charge in [0.15, 0.2) is 0 Å². The summed E-state index contributed by atoms with van der Waals surface area (Å²) in [7, 11) is 0. The molecule has 2 rings (SSSR count). The lowest BCUT2D eigenvalue weighted by Gasteiger charge is -2.21. The molecule has 2 aromatic carbocycles. The van der Waals surface area contributed by atoms with Gasteiger partial charge in [0.25, 0.3) is 0 Å². The third kappa shape index (κ3) is 2.86. The van der Waals surface area contributed by atoms with Crippen LogP contribution in [0.2, 0.25) is 0 Å². The second kappa shape index (κ2) is 5.39. The number of halogens is 6. The highest BCUT2D eigenvalue weighted by atomic mass is 19.4. The molecule has 0 aliphatic heterocycles. The van der Waals surface area contributed by atoms with Gasteiger partial charge in [-0.25, -0.2) is 0 Å². The zero-order valence-electron chi connectivity index (χ0n) is 11.6. The number of rotatable bonds is 1. The number of benzene rings is 2. The Morgan fingerprint density at radius 1 is 0.625 bits per heavy atom. The highest BCUT2D eigenvalue weighted by Crippen LogP contribution is 2.49. The topological polar surface area (TPSA) is 92.5 Å². The zero-order valence-corrected chi connectivity index (χ0v) is 11.6. The van der Waals surface area contributed by atoms with Crippen LogP contribution in [0, 0.1) is 0 Å². The molecule has 4 nitrogen and oxygen atoms in total. The SMILES string of the molecule is Nc1c(O)ccc(-c2ccc(O)c(N)c2C(F)(F)F)c1C(F)(F)F. The van der Waals surface area contributed by atoms with E-state index >= 15 is 0 Å². The zero-order chi connectivity index (χ0) is 18.4. The number of hydrogen-bond donors (Lipinski definition) is 4. The Kier molecular flexibility index (Phi) is 3.95. The van der Waals surface area contributed by atoms with Crippen molar-refractivity contribution in [2.24, 2.45) is 0 Å². The van der Waals surface area contributed by atoms with Crippen LogP contribution in [-0.2, 0) is 12.4 Å². The van der Waals surface area contributed by atoms with E-state index in [0.29, 0.717) is 12.1 Å². The van der Waals surface area contributed by atoms with E-state index in [4.69, 9.17) is 11.5 Å². The van der Waals surface area contributed by atoms with Gasteiger partial charge in [-0.3, -0.25) is 0 Å². The predicted molar refractivity (Wildman–Crippen MR) is 74.0 cm³/mol. The van der Waals surface area contributed by atoms with E-state index in [1.54, 1.807) is 0 Å². The number of nitrogen functional groups attached to an aromatic ring is 2. The van der Waals surface area contributed by atoms with E-state index in [1.807, 2.05) is 0 Å². The lowest BCUT2D eigenvalue weighted by molar-refractivity contribution is -0.138. The molecular weight excluding hydrogens is 342 g/mol. The minimum absolute atomic E-state index is 0.648. The van der Waals surface area contributed by atoms with Crippen LogP contribution in [0.15, 0.2) is 24.3 Å². The van der Waals surface area contributed by atoms with E-state index in [1.165, 1.54) is 0 Å². The molecule has 0 atom stereocenters. The van der Waals surface area contributed by atoms with E-state index < -0.39 is 57.5 Å². The molecule has 2 aromatic rings. The molecule has 0 heterocycles. The van der Waals surface area contributed by atoms with E-state index in [9.17, 15) is 36.6 Å². The largest absolute Gasteiger partial charge is 0.506 e. The van der Waals surface area contributed by atoms with Gasteiger partial charge in [0.2, 0.25) is 0 Å². The van der Waals surface area contributed by atoms with Crippen molar-refractivity contribution < 1.29 is 36.6 Å². The van der Waals surface area contributed by atoms with Crippen molar-refractivity contribution in [3.05, 3.63) is 35.4 Å². The standard InChI is InChI=1S/C14H10F6N2O2/c15-13(16,17)9-5(1-3-7(23)11(9)21)6-2-4-8(24)12(22)10(6)14(18,19)20/h1-4,23-24H,21-22H2. The van der Waals surface area contributed by atoms with Crippen LogP contribution in [0.25, 0.3) is 11.1 Å². The molecule has 0 spiro atoms.